The summed E-state index contributed by atoms with van der Waals surface area (Å²) in [5, 5.41) is 10.9. The molecule has 5 N–H and O–H groups in total. The number of nitrogens with two attached hydrogens (primary N) is 1. The minimum Gasteiger partial charge on any atom is -0.370 e. The van der Waals surface area contributed by atoms with Crippen LogP contribution in [0.25, 0.3) is 0 Å². The van der Waals surface area contributed by atoms with Crippen molar-refractivity contribution in [3.8, 4) is 0 Å². The number of carbonyl (C=O) groups is 1. The number of carbonyl (C=O) groups excluding carboxylic acids is 1. The third kappa shape index (κ3) is 3.10. The second-order valence-electron chi connectivity index (χ2n) is 2.59. The summed E-state index contributed by atoms with van der Waals surface area (Å²) in [5.41, 5.74) is 4.75. The number of hydrogen-bond donors (Lipinski definition) is 4. The Morgan fingerprint density at radius 2 is 2.20 bits per heavy atom. The Morgan fingerprint density at radius 1 is 1.53 bits per heavy atom. The highest BCUT2D eigenvalue weighted by atomic mass is 35.5. The zero-order valence-corrected chi connectivity index (χ0v) is 8.23. The van der Waals surface area contributed by atoms with Gasteiger partial charge in [0.25, 0.3) is 0 Å². The number of amides is 2. The molecule has 7 heteroatoms. The third-order valence-electron chi connectivity index (χ3n) is 1.45. The van der Waals surface area contributed by atoms with E-state index >= 15 is 0 Å². The average Bonchev–Trinajstić information content (AvgIpc) is 2.10. The van der Waals surface area contributed by atoms with Gasteiger partial charge in [-0.05, 0) is 12.1 Å². The SMILES string of the molecule is N=C(N)NC(=O)Nc1c(F)cccc1Cl. The van der Waals surface area contributed by atoms with Crippen LogP contribution in [-0.4, -0.2) is 12.0 Å². The molecule has 0 aliphatic heterocycles. The lowest BCUT2D eigenvalue weighted by Crippen LogP contribution is -2.38. The van der Waals surface area contributed by atoms with E-state index in [1.54, 1.807) is 0 Å². The molecule has 1 rings (SSSR count). The lowest BCUT2D eigenvalue weighted by atomic mass is 10.3. The summed E-state index contributed by atoms with van der Waals surface area (Å²) in [6, 6.07) is 3.16. The average molecular weight is 231 g/mol. The Labute approximate surface area is 89.9 Å². The van der Waals surface area contributed by atoms with Crippen LogP contribution in [0.4, 0.5) is 14.9 Å². The minimum absolute atomic E-state index is 0.0636. The van der Waals surface area contributed by atoms with Crippen LogP contribution < -0.4 is 16.4 Å². The maximum atomic E-state index is 13.1. The Hall–Kier alpha value is -1.82. The number of halogens is 2. The molecule has 0 aromatic heterocycles. The molecule has 0 saturated heterocycles. The number of guanidine groups is 1. The molecule has 0 bridgehead atoms. The molecule has 1 aromatic carbocycles. The molecule has 80 valence electrons. The van der Waals surface area contributed by atoms with Crippen molar-refractivity contribution in [1.82, 2.24) is 5.32 Å². The molecule has 0 fully saturated rings. The molecular formula is C8H8ClFN4O. The summed E-state index contributed by atoms with van der Waals surface area (Å²) in [7, 11) is 0. The van der Waals surface area contributed by atoms with E-state index < -0.39 is 17.8 Å². The van der Waals surface area contributed by atoms with E-state index in [9.17, 15) is 9.18 Å². The first-order chi connectivity index (χ1) is 7.00. The summed E-state index contributed by atoms with van der Waals surface area (Å²) >= 11 is 5.64. The summed E-state index contributed by atoms with van der Waals surface area (Å²) in [6.07, 6.45) is 0. The van der Waals surface area contributed by atoms with Gasteiger partial charge in [0.05, 0.1) is 10.7 Å². The van der Waals surface area contributed by atoms with Crippen LogP contribution in [-0.2, 0) is 0 Å². The highest BCUT2D eigenvalue weighted by Crippen LogP contribution is 2.24. The Morgan fingerprint density at radius 3 is 2.73 bits per heavy atom. The molecule has 15 heavy (non-hydrogen) atoms. The number of para-hydroxylation sites is 1. The van der Waals surface area contributed by atoms with E-state index in [-0.39, 0.29) is 10.7 Å². The van der Waals surface area contributed by atoms with Crippen LogP contribution >= 0.6 is 11.6 Å². The zero-order valence-electron chi connectivity index (χ0n) is 7.47. The van der Waals surface area contributed by atoms with Crippen LogP contribution in [0.2, 0.25) is 5.02 Å². The Balaban J connectivity index is 2.80. The van der Waals surface area contributed by atoms with Crippen LogP contribution in [0.15, 0.2) is 18.2 Å². The molecule has 0 radical (unpaired) electrons. The van der Waals surface area contributed by atoms with Gasteiger partial charge in [0, 0.05) is 0 Å². The quantitative estimate of drug-likeness (QED) is 0.435. The zero-order chi connectivity index (χ0) is 11.4. The Kier molecular flexibility index (Phi) is 3.46. The number of anilines is 1. The number of nitrogens with one attached hydrogen (secondary N) is 3. The van der Waals surface area contributed by atoms with Crippen molar-refractivity contribution in [2.45, 2.75) is 0 Å². The standard InChI is InChI=1S/C8H8ClFN4O/c9-4-2-1-3-5(10)6(4)13-8(15)14-7(11)12/h1-3H,(H5,11,12,13,14,15). The highest BCUT2D eigenvalue weighted by molar-refractivity contribution is 6.33. The maximum Gasteiger partial charge on any atom is 0.326 e. The normalized spacial score (nSPS) is 9.47. The summed E-state index contributed by atoms with van der Waals surface area (Å²) in [5.74, 6) is -1.21. The van der Waals surface area contributed by atoms with Gasteiger partial charge in [0.2, 0.25) is 0 Å². The van der Waals surface area contributed by atoms with E-state index in [0.717, 1.165) is 6.07 Å². The fourth-order valence-electron chi connectivity index (χ4n) is 0.884. The minimum atomic E-state index is -0.825. The molecule has 0 aliphatic carbocycles. The van der Waals surface area contributed by atoms with Crippen LogP contribution in [0, 0.1) is 11.2 Å². The van der Waals surface area contributed by atoms with Gasteiger partial charge in [-0.15, -0.1) is 0 Å². The molecule has 0 spiro atoms. The van der Waals surface area contributed by atoms with Gasteiger partial charge >= 0.3 is 6.03 Å². The predicted octanol–water partition coefficient (Wildman–Crippen LogP) is 1.49. The largest absolute Gasteiger partial charge is 0.370 e. The second-order valence-corrected chi connectivity index (χ2v) is 3.00. The van der Waals surface area contributed by atoms with Crippen LogP contribution in [0.1, 0.15) is 0 Å². The first kappa shape index (κ1) is 11.3. The highest BCUT2D eigenvalue weighted by Gasteiger charge is 2.10. The molecule has 0 saturated carbocycles. The monoisotopic (exact) mass is 230 g/mol. The summed E-state index contributed by atoms with van der Waals surface area (Å²) < 4.78 is 13.1. The molecule has 0 unspecified atom stereocenters. The molecule has 0 atom stereocenters. The lowest BCUT2D eigenvalue weighted by Gasteiger charge is -2.08. The van der Waals surface area contributed by atoms with Gasteiger partial charge in [-0.3, -0.25) is 10.7 Å². The van der Waals surface area contributed by atoms with Gasteiger partial charge in [0.1, 0.15) is 5.82 Å². The van der Waals surface area contributed by atoms with Crippen molar-refractivity contribution >= 4 is 29.3 Å². The lowest BCUT2D eigenvalue weighted by molar-refractivity contribution is 0.256. The van der Waals surface area contributed by atoms with Gasteiger partial charge in [-0.2, -0.15) is 0 Å². The summed E-state index contributed by atoms with van der Waals surface area (Å²) in [4.78, 5) is 11.1. The number of hydrogen-bond acceptors (Lipinski definition) is 2. The van der Waals surface area contributed by atoms with Crippen molar-refractivity contribution in [2.75, 3.05) is 5.32 Å². The maximum absolute atomic E-state index is 13.1. The second kappa shape index (κ2) is 4.61. The summed E-state index contributed by atoms with van der Waals surface area (Å²) in [6.45, 7) is 0. The van der Waals surface area contributed by atoms with Crippen molar-refractivity contribution in [1.29, 1.82) is 5.41 Å². The van der Waals surface area contributed by atoms with Gasteiger partial charge in [-0.25, -0.2) is 9.18 Å². The molecule has 1 aromatic rings. The number of urea groups is 1. The van der Waals surface area contributed by atoms with Crippen molar-refractivity contribution < 1.29 is 9.18 Å². The smallest absolute Gasteiger partial charge is 0.326 e. The fraction of sp³-hybridized carbons (Fsp3) is 0. The molecular weight excluding hydrogens is 223 g/mol. The Bertz CT molecular complexity index is 389. The van der Waals surface area contributed by atoms with Crippen molar-refractivity contribution in [3.63, 3.8) is 0 Å². The van der Waals surface area contributed by atoms with Crippen LogP contribution in [0.5, 0.6) is 0 Å². The number of benzene rings is 1. The van der Waals surface area contributed by atoms with Gasteiger partial charge in [-0.1, -0.05) is 17.7 Å². The van der Waals surface area contributed by atoms with E-state index in [0.29, 0.717) is 0 Å². The first-order valence-corrected chi connectivity index (χ1v) is 4.24. The third-order valence-corrected chi connectivity index (χ3v) is 1.76. The van der Waals surface area contributed by atoms with E-state index in [1.807, 2.05) is 5.32 Å². The van der Waals surface area contributed by atoms with E-state index in [1.165, 1.54) is 12.1 Å². The van der Waals surface area contributed by atoms with Crippen molar-refractivity contribution in [2.24, 2.45) is 5.73 Å². The van der Waals surface area contributed by atoms with Gasteiger partial charge in [0.15, 0.2) is 5.96 Å². The molecule has 0 aliphatic rings. The first-order valence-electron chi connectivity index (χ1n) is 3.86. The molecule has 2 amide bonds. The van der Waals surface area contributed by atoms with E-state index in [2.05, 4.69) is 5.32 Å². The topological polar surface area (TPSA) is 91.0 Å². The molecule has 5 nitrogen and oxygen atoms in total. The van der Waals surface area contributed by atoms with Gasteiger partial charge < -0.3 is 11.1 Å². The fourth-order valence-corrected chi connectivity index (χ4v) is 1.09. The van der Waals surface area contributed by atoms with E-state index in [4.69, 9.17) is 22.7 Å². The van der Waals surface area contributed by atoms with Crippen LogP contribution in [0.3, 0.4) is 0 Å². The van der Waals surface area contributed by atoms with Crippen molar-refractivity contribution in [3.05, 3.63) is 29.0 Å². The number of rotatable bonds is 1. The predicted molar refractivity (Wildman–Crippen MR) is 55.5 cm³/mol. The molecule has 0 heterocycles.